The van der Waals surface area contributed by atoms with E-state index in [4.69, 9.17) is 30.4 Å². The predicted octanol–water partition coefficient (Wildman–Crippen LogP) is 3.73. The average Bonchev–Trinajstić information content (AvgIpc) is 3.14. The number of amides is 1. The number of carbonyl (C=O) groups excluding carboxylic acids is 1. The molecule has 0 atom stereocenters. The normalized spacial score (nSPS) is 10.4. The zero-order chi connectivity index (χ0) is 20.1. The Morgan fingerprint density at radius 1 is 1.07 bits per heavy atom. The molecule has 8 nitrogen and oxygen atoms in total. The highest BCUT2D eigenvalue weighted by Gasteiger charge is 2.17. The third kappa shape index (κ3) is 4.34. The van der Waals surface area contributed by atoms with Gasteiger partial charge in [0.05, 0.1) is 14.2 Å². The lowest BCUT2D eigenvalue weighted by atomic mass is 10.1. The van der Waals surface area contributed by atoms with E-state index in [9.17, 15) is 4.79 Å². The van der Waals surface area contributed by atoms with Crippen LogP contribution in [0, 0.1) is 6.92 Å². The molecule has 0 unspecified atom stereocenters. The van der Waals surface area contributed by atoms with Gasteiger partial charge < -0.3 is 19.5 Å². The van der Waals surface area contributed by atoms with Crippen molar-refractivity contribution in [3.63, 3.8) is 0 Å². The monoisotopic (exact) mass is 403 g/mol. The van der Waals surface area contributed by atoms with Gasteiger partial charge in [0, 0.05) is 10.6 Å². The minimum absolute atomic E-state index is 0.175. The van der Waals surface area contributed by atoms with E-state index < -0.39 is 5.91 Å². The van der Waals surface area contributed by atoms with Crippen LogP contribution in [0.25, 0.3) is 11.3 Å². The van der Waals surface area contributed by atoms with E-state index >= 15 is 0 Å². The Hall–Kier alpha value is -3.26. The number of hydrogen-bond acceptors (Lipinski definition) is 7. The number of anilines is 1. The fourth-order valence-corrected chi connectivity index (χ4v) is 2.76. The maximum Gasteiger partial charge on any atom is 0.263 e. The van der Waals surface area contributed by atoms with Gasteiger partial charge in [-0.1, -0.05) is 11.6 Å². The maximum atomic E-state index is 12.3. The molecule has 0 aliphatic rings. The molecular formula is C19H18ClN3O5. The fraction of sp³-hybridized carbons (Fsp3) is 0.211. The van der Waals surface area contributed by atoms with E-state index in [2.05, 4.69) is 15.6 Å². The summed E-state index contributed by atoms with van der Waals surface area (Å²) in [6, 6.07) is 10.3. The highest BCUT2D eigenvalue weighted by Crippen LogP contribution is 2.33. The quantitative estimate of drug-likeness (QED) is 0.642. The second-order valence-electron chi connectivity index (χ2n) is 5.78. The molecule has 0 saturated heterocycles. The number of hydrogen-bond donors (Lipinski definition) is 1. The minimum Gasteiger partial charge on any atom is -0.493 e. The van der Waals surface area contributed by atoms with Gasteiger partial charge in [0.15, 0.2) is 23.8 Å². The van der Waals surface area contributed by atoms with E-state index in [0.29, 0.717) is 33.5 Å². The van der Waals surface area contributed by atoms with Crippen LogP contribution in [-0.4, -0.2) is 37.0 Å². The van der Waals surface area contributed by atoms with Gasteiger partial charge in [-0.15, -0.1) is 0 Å². The van der Waals surface area contributed by atoms with Crippen molar-refractivity contribution in [3.8, 4) is 28.5 Å². The van der Waals surface area contributed by atoms with Gasteiger partial charge in [0.1, 0.15) is 5.75 Å². The first kappa shape index (κ1) is 19.5. The molecule has 2 aromatic carbocycles. The van der Waals surface area contributed by atoms with Crippen molar-refractivity contribution < 1.29 is 23.6 Å². The Balaban J connectivity index is 1.71. The average molecular weight is 404 g/mol. The second-order valence-corrected chi connectivity index (χ2v) is 6.21. The molecule has 0 aliphatic carbocycles. The van der Waals surface area contributed by atoms with Crippen LogP contribution < -0.4 is 19.5 Å². The molecule has 1 aromatic heterocycles. The van der Waals surface area contributed by atoms with Crippen LogP contribution >= 0.6 is 11.6 Å². The van der Waals surface area contributed by atoms with Crippen LogP contribution in [0.4, 0.5) is 5.82 Å². The number of methoxy groups -OCH3 is 2. The van der Waals surface area contributed by atoms with Crippen molar-refractivity contribution in [2.75, 3.05) is 26.1 Å². The summed E-state index contributed by atoms with van der Waals surface area (Å²) < 4.78 is 20.8. The molecule has 0 bridgehead atoms. The molecule has 0 saturated carbocycles. The van der Waals surface area contributed by atoms with Gasteiger partial charge in [-0.25, -0.2) is 4.63 Å². The van der Waals surface area contributed by atoms with Gasteiger partial charge in [-0.05, 0) is 59.2 Å². The second kappa shape index (κ2) is 8.62. The number of nitrogens with zero attached hydrogens (tertiary/aromatic N) is 2. The molecule has 3 rings (SSSR count). The minimum atomic E-state index is -0.410. The molecule has 28 heavy (non-hydrogen) atoms. The van der Waals surface area contributed by atoms with E-state index in [1.165, 1.54) is 7.11 Å². The summed E-state index contributed by atoms with van der Waals surface area (Å²) in [5, 5.41) is 10.8. The third-order valence-corrected chi connectivity index (χ3v) is 4.13. The SMILES string of the molecule is COc1ccc(-c2nonc2NC(=O)COc2ccc(Cl)cc2C)cc1OC. The van der Waals surface area contributed by atoms with Crippen LogP contribution in [-0.2, 0) is 4.79 Å². The predicted molar refractivity (Wildman–Crippen MR) is 103 cm³/mol. The molecule has 0 aliphatic heterocycles. The Morgan fingerprint density at radius 2 is 1.82 bits per heavy atom. The van der Waals surface area contributed by atoms with Crippen molar-refractivity contribution >= 4 is 23.3 Å². The molecule has 1 N–H and O–H groups in total. The number of aryl methyl sites for hydroxylation is 1. The largest absolute Gasteiger partial charge is 0.493 e. The Kier molecular flexibility index (Phi) is 6.00. The fourth-order valence-electron chi connectivity index (χ4n) is 2.53. The molecule has 1 heterocycles. The van der Waals surface area contributed by atoms with Crippen molar-refractivity contribution in [1.29, 1.82) is 0 Å². The smallest absolute Gasteiger partial charge is 0.263 e. The third-order valence-electron chi connectivity index (χ3n) is 3.90. The van der Waals surface area contributed by atoms with Gasteiger partial charge >= 0.3 is 0 Å². The molecule has 0 fully saturated rings. The summed E-state index contributed by atoms with van der Waals surface area (Å²) in [6.45, 7) is 1.64. The molecular weight excluding hydrogens is 386 g/mol. The summed E-state index contributed by atoms with van der Waals surface area (Å²) in [6.07, 6.45) is 0. The molecule has 9 heteroatoms. The number of halogens is 1. The zero-order valence-corrected chi connectivity index (χ0v) is 16.2. The lowest BCUT2D eigenvalue weighted by Crippen LogP contribution is -2.21. The lowest BCUT2D eigenvalue weighted by Gasteiger charge is -2.10. The number of carbonyl (C=O) groups is 1. The lowest BCUT2D eigenvalue weighted by molar-refractivity contribution is -0.118. The molecule has 0 radical (unpaired) electrons. The molecule has 1 amide bonds. The number of ether oxygens (including phenoxy) is 3. The Morgan fingerprint density at radius 3 is 2.54 bits per heavy atom. The Bertz CT molecular complexity index is 989. The van der Waals surface area contributed by atoms with Crippen LogP contribution in [0.1, 0.15) is 5.56 Å². The summed E-state index contributed by atoms with van der Waals surface area (Å²) in [4.78, 5) is 12.3. The van der Waals surface area contributed by atoms with Gasteiger partial charge in [-0.3, -0.25) is 4.79 Å². The van der Waals surface area contributed by atoms with E-state index in [-0.39, 0.29) is 12.4 Å². The zero-order valence-electron chi connectivity index (χ0n) is 15.5. The summed E-state index contributed by atoms with van der Waals surface area (Å²) >= 11 is 5.91. The first-order valence-electron chi connectivity index (χ1n) is 8.25. The van der Waals surface area contributed by atoms with Crippen molar-refractivity contribution in [3.05, 3.63) is 47.0 Å². The van der Waals surface area contributed by atoms with Crippen LogP contribution in [0.5, 0.6) is 17.2 Å². The van der Waals surface area contributed by atoms with E-state index in [1.54, 1.807) is 43.5 Å². The maximum absolute atomic E-state index is 12.3. The van der Waals surface area contributed by atoms with Crippen molar-refractivity contribution in [2.24, 2.45) is 0 Å². The number of rotatable bonds is 7. The van der Waals surface area contributed by atoms with Crippen molar-refractivity contribution in [2.45, 2.75) is 6.92 Å². The molecule has 3 aromatic rings. The molecule has 146 valence electrons. The van der Waals surface area contributed by atoms with Crippen LogP contribution in [0.2, 0.25) is 5.02 Å². The van der Waals surface area contributed by atoms with Gasteiger partial charge in [0.2, 0.25) is 5.82 Å². The number of aromatic nitrogens is 2. The highest BCUT2D eigenvalue weighted by atomic mass is 35.5. The standard InChI is InChI=1S/C19H18ClN3O5/c1-11-8-13(20)5-7-14(11)27-10-17(24)21-19-18(22-28-23-19)12-4-6-15(25-2)16(9-12)26-3/h4-9H,10H2,1-3H3,(H,21,23,24). The van der Waals surface area contributed by atoms with Crippen LogP contribution in [0.15, 0.2) is 41.0 Å². The summed E-state index contributed by atoms with van der Waals surface area (Å²) in [5.41, 5.74) is 1.83. The summed E-state index contributed by atoms with van der Waals surface area (Å²) in [7, 11) is 3.07. The molecule has 0 spiro atoms. The van der Waals surface area contributed by atoms with Gasteiger partial charge in [0.25, 0.3) is 5.91 Å². The van der Waals surface area contributed by atoms with Crippen molar-refractivity contribution in [1.82, 2.24) is 10.3 Å². The first-order chi connectivity index (χ1) is 13.5. The van der Waals surface area contributed by atoms with Gasteiger partial charge in [-0.2, -0.15) is 0 Å². The van der Waals surface area contributed by atoms with E-state index in [0.717, 1.165) is 5.56 Å². The highest BCUT2D eigenvalue weighted by molar-refractivity contribution is 6.30. The first-order valence-corrected chi connectivity index (χ1v) is 8.63. The number of benzene rings is 2. The Labute approximate surface area is 166 Å². The van der Waals surface area contributed by atoms with E-state index in [1.807, 2.05) is 6.92 Å². The topological polar surface area (TPSA) is 95.7 Å². The summed E-state index contributed by atoms with van der Waals surface area (Å²) in [5.74, 6) is 1.42. The van der Waals surface area contributed by atoms with Crippen LogP contribution in [0.3, 0.4) is 0 Å². The number of nitrogens with one attached hydrogen (secondary N) is 1.